The molecule has 3 rings (SSSR count). The van der Waals surface area contributed by atoms with E-state index < -0.39 is 6.10 Å². The lowest BCUT2D eigenvalue weighted by Gasteiger charge is -2.33. The fraction of sp³-hybridized carbons (Fsp3) is 0.364. The second kappa shape index (κ2) is 9.52. The van der Waals surface area contributed by atoms with Gasteiger partial charge in [-0.2, -0.15) is 0 Å². The van der Waals surface area contributed by atoms with Crippen LogP contribution in [-0.2, 0) is 9.59 Å². The Labute approximate surface area is 170 Å². The third-order valence-corrected chi connectivity index (χ3v) is 4.97. The number of aryl methyl sites for hydroxylation is 1. The predicted molar refractivity (Wildman–Crippen MR) is 108 cm³/mol. The van der Waals surface area contributed by atoms with Crippen molar-refractivity contribution in [2.24, 2.45) is 0 Å². The zero-order valence-electron chi connectivity index (χ0n) is 16.8. The maximum absolute atomic E-state index is 12.9. The molecular weight excluding hydrogens is 373 g/mol. The van der Waals surface area contributed by atoms with Crippen LogP contribution in [0.5, 0.6) is 5.75 Å². The monoisotopic (exact) mass is 400 g/mol. The van der Waals surface area contributed by atoms with E-state index in [1.807, 2.05) is 31.2 Å². The summed E-state index contributed by atoms with van der Waals surface area (Å²) >= 11 is 0. The zero-order valence-corrected chi connectivity index (χ0v) is 16.8. The smallest absolute Gasteiger partial charge is 0.279 e. The summed E-state index contributed by atoms with van der Waals surface area (Å²) < 4.78 is 18.7. The molecule has 0 spiro atoms. The summed E-state index contributed by atoms with van der Waals surface area (Å²) in [6, 6.07) is 13.3. The van der Waals surface area contributed by atoms with Gasteiger partial charge in [0.2, 0.25) is 0 Å². The molecule has 0 unspecified atom stereocenters. The number of benzene rings is 2. The van der Waals surface area contributed by atoms with Crippen LogP contribution in [-0.4, -0.2) is 55.5 Å². The first-order valence-electron chi connectivity index (χ1n) is 9.82. The lowest BCUT2D eigenvalue weighted by molar-refractivity contribution is -0.895. The van der Waals surface area contributed by atoms with Crippen LogP contribution in [0.25, 0.3) is 0 Å². The van der Waals surface area contributed by atoms with E-state index in [4.69, 9.17) is 4.74 Å². The van der Waals surface area contributed by atoms with E-state index in [1.54, 1.807) is 11.8 Å². The second-order valence-corrected chi connectivity index (χ2v) is 7.38. The molecule has 0 aromatic heterocycles. The minimum Gasteiger partial charge on any atom is -0.481 e. The molecule has 2 aromatic rings. The number of nitrogens with zero attached hydrogens (tertiary/aromatic N) is 1. The number of halogens is 1. The molecule has 1 aliphatic heterocycles. The van der Waals surface area contributed by atoms with Crippen molar-refractivity contribution in [3.05, 3.63) is 59.9 Å². The van der Waals surface area contributed by atoms with E-state index >= 15 is 0 Å². The van der Waals surface area contributed by atoms with Crippen molar-refractivity contribution in [3.8, 4) is 5.75 Å². The van der Waals surface area contributed by atoms with Gasteiger partial charge in [-0.05, 0) is 55.8 Å². The Morgan fingerprint density at radius 3 is 2.52 bits per heavy atom. The average molecular weight is 400 g/mol. The van der Waals surface area contributed by atoms with Gasteiger partial charge in [0.15, 0.2) is 12.6 Å². The van der Waals surface area contributed by atoms with Crippen LogP contribution < -0.4 is 15.0 Å². The minimum atomic E-state index is -0.555. The van der Waals surface area contributed by atoms with Crippen molar-refractivity contribution >= 4 is 17.5 Å². The highest BCUT2D eigenvalue weighted by Gasteiger charge is 2.28. The van der Waals surface area contributed by atoms with Crippen LogP contribution in [0.1, 0.15) is 12.5 Å². The van der Waals surface area contributed by atoms with Gasteiger partial charge in [0.25, 0.3) is 11.8 Å². The molecular formula is C22H27FN3O3+. The molecule has 0 saturated carbocycles. The molecule has 1 saturated heterocycles. The van der Waals surface area contributed by atoms with Gasteiger partial charge >= 0.3 is 0 Å². The van der Waals surface area contributed by atoms with Gasteiger partial charge in [0.05, 0.1) is 26.2 Å². The first kappa shape index (κ1) is 20.8. The van der Waals surface area contributed by atoms with E-state index in [2.05, 4.69) is 5.32 Å². The number of carbonyl (C=O) groups excluding carboxylic acids is 2. The number of carbonyl (C=O) groups is 2. The molecule has 2 amide bonds. The van der Waals surface area contributed by atoms with E-state index in [1.165, 1.54) is 24.3 Å². The zero-order chi connectivity index (χ0) is 20.8. The van der Waals surface area contributed by atoms with Crippen LogP contribution in [0.15, 0.2) is 48.5 Å². The molecule has 1 aliphatic rings. The highest BCUT2D eigenvalue weighted by atomic mass is 19.1. The maximum Gasteiger partial charge on any atom is 0.279 e. The SMILES string of the molecule is Cc1cccc(O[C@H](C)C(=O)N2CC[NH+](CC(=O)Nc3ccc(F)cc3)CC2)c1. The molecule has 154 valence electrons. The summed E-state index contributed by atoms with van der Waals surface area (Å²) in [5, 5.41) is 2.77. The van der Waals surface area contributed by atoms with Gasteiger partial charge in [-0.3, -0.25) is 9.59 Å². The van der Waals surface area contributed by atoms with Gasteiger partial charge in [0, 0.05) is 5.69 Å². The van der Waals surface area contributed by atoms with Crippen molar-refractivity contribution in [1.82, 2.24) is 4.90 Å². The lowest BCUT2D eigenvalue weighted by Crippen LogP contribution is -3.15. The lowest BCUT2D eigenvalue weighted by atomic mass is 10.2. The molecule has 2 N–H and O–H groups in total. The Kier molecular flexibility index (Phi) is 6.82. The number of piperazine rings is 1. The van der Waals surface area contributed by atoms with Crippen molar-refractivity contribution < 1.29 is 23.6 Å². The summed E-state index contributed by atoms with van der Waals surface area (Å²) in [5.74, 6) is 0.187. The van der Waals surface area contributed by atoms with Crippen molar-refractivity contribution in [2.45, 2.75) is 20.0 Å². The summed E-state index contributed by atoms with van der Waals surface area (Å²) in [4.78, 5) is 27.8. The van der Waals surface area contributed by atoms with E-state index in [0.717, 1.165) is 10.5 Å². The van der Waals surface area contributed by atoms with Gasteiger partial charge in [-0.1, -0.05) is 12.1 Å². The molecule has 2 aromatic carbocycles. The van der Waals surface area contributed by atoms with E-state index in [0.29, 0.717) is 44.2 Å². The third-order valence-electron chi connectivity index (χ3n) is 4.97. The Balaban J connectivity index is 1.43. The van der Waals surface area contributed by atoms with Crippen LogP contribution in [0, 0.1) is 12.7 Å². The topological polar surface area (TPSA) is 63.1 Å². The molecule has 0 bridgehead atoms. The molecule has 1 fully saturated rings. The van der Waals surface area contributed by atoms with Gasteiger partial charge < -0.3 is 19.9 Å². The van der Waals surface area contributed by atoms with Crippen molar-refractivity contribution in [3.63, 3.8) is 0 Å². The van der Waals surface area contributed by atoms with Crippen molar-refractivity contribution in [2.75, 3.05) is 38.0 Å². The van der Waals surface area contributed by atoms with Crippen LogP contribution in [0.3, 0.4) is 0 Å². The number of anilines is 1. The van der Waals surface area contributed by atoms with Crippen LogP contribution in [0.2, 0.25) is 0 Å². The first-order valence-corrected chi connectivity index (χ1v) is 9.82. The fourth-order valence-corrected chi connectivity index (χ4v) is 3.39. The molecule has 7 heteroatoms. The van der Waals surface area contributed by atoms with E-state index in [9.17, 15) is 14.0 Å². The number of nitrogens with one attached hydrogen (secondary N) is 2. The molecule has 6 nitrogen and oxygen atoms in total. The Morgan fingerprint density at radius 1 is 1.17 bits per heavy atom. The predicted octanol–water partition coefficient (Wildman–Crippen LogP) is 1.27. The standard InChI is InChI=1S/C22H26FN3O3/c1-16-4-3-5-20(14-16)29-17(2)22(28)26-12-10-25(11-13-26)15-21(27)24-19-8-6-18(23)7-9-19/h3-9,14,17H,10-13,15H2,1-2H3,(H,24,27)/p+1/t17-/m1/s1. The number of quaternary nitrogens is 1. The second-order valence-electron chi connectivity index (χ2n) is 7.38. The molecule has 0 radical (unpaired) electrons. The van der Waals surface area contributed by atoms with Crippen LogP contribution in [0.4, 0.5) is 10.1 Å². The highest BCUT2D eigenvalue weighted by Crippen LogP contribution is 2.15. The fourth-order valence-electron chi connectivity index (χ4n) is 3.39. The molecule has 1 heterocycles. The summed E-state index contributed by atoms with van der Waals surface area (Å²) in [7, 11) is 0. The number of ether oxygens (including phenoxy) is 1. The Morgan fingerprint density at radius 2 is 1.86 bits per heavy atom. The first-order chi connectivity index (χ1) is 13.9. The highest BCUT2D eigenvalue weighted by molar-refractivity contribution is 5.91. The quantitative estimate of drug-likeness (QED) is 0.768. The Bertz CT molecular complexity index is 849. The van der Waals surface area contributed by atoms with E-state index in [-0.39, 0.29) is 17.6 Å². The average Bonchev–Trinajstić information content (AvgIpc) is 2.70. The largest absolute Gasteiger partial charge is 0.481 e. The number of hydrogen-bond donors (Lipinski definition) is 2. The number of rotatable bonds is 6. The molecule has 0 aliphatic carbocycles. The molecule has 29 heavy (non-hydrogen) atoms. The summed E-state index contributed by atoms with van der Waals surface area (Å²) in [6.45, 7) is 6.61. The maximum atomic E-state index is 12.9. The number of hydrogen-bond acceptors (Lipinski definition) is 3. The van der Waals surface area contributed by atoms with Crippen LogP contribution >= 0.6 is 0 Å². The minimum absolute atomic E-state index is 0.0404. The Hall–Kier alpha value is -2.93. The normalized spacial score (nSPS) is 15.6. The van der Waals surface area contributed by atoms with Gasteiger partial charge in [-0.25, -0.2) is 4.39 Å². The third kappa shape index (κ3) is 6.02. The van der Waals surface area contributed by atoms with Crippen molar-refractivity contribution in [1.29, 1.82) is 0 Å². The summed E-state index contributed by atoms with van der Waals surface area (Å²) in [6.07, 6.45) is -0.555. The molecule has 1 atom stereocenters. The summed E-state index contributed by atoms with van der Waals surface area (Å²) in [5.41, 5.74) is 1.66. The van der Waals surface area contributed by atoms with Gasteiger partial charge in [-0.15, -0.1) is 0 Å². The van der Waals surface area contributed by atoms with Gasteiger partial charge in [0.1, 0.15) is 11.6 Å². The number of amides is 2.